The second-order valence-corrected chi connectivity index (χ2v) is 7.03. The molecule has 0 saturated carbocycles. The maximum Gasteiger partial charge on any atom is 0.283 e. The molecular weight excluding hydrogens is 391 g/mol. The molecule has 2 amide bonds. The molecule has 0 spiro atoms. The van der Waals surface area contributed by atoms with Crippen LogP contribution in [-0.4, -0.2) is 24.5 Å². The number of fused-ring (bicyclic) bond motifs is 1. The fraction of sp³-hybridized carbons (Fsp3) is 0.263. The van der Waals surface area contributed by atoms with Crippen molar-refractivity contribution in [3.8, 4) is 11.5 Å². The molecule has 1 aliphatic rings. The summed E-state index contributed by atoms with van der Waals surface area (Å²) >= 11 is 12.0. The summed E-state index contributed by atoms with van der Waals surface area (Å²) in [5.41, 5.74) is 5.59. The smallest absolute Gasteiger partial charge is 0.283 e. The van der Waals surface area contributed by atoms with Crippen molar-refractivity contribution in [2.75, 3.05) is 6.61 Å². The summed E-state index contributed by atoms with van der Waals surface area (Å²) in [5, 5.41) is 1.03. The number of rotatable bonds is 4. The highest BCUT2D eigenvalue weighted by molar-refractivity contribution is 6.35. The number of carbonyl (C=O) groups excluding carboxylic acids is 2. The van der Waals surface area contributed by atoms with Crippen LogP contribution >= 0.6 is 23.2 Å². The molecule has 27 heavy (non-hydrogen) atoms. The number of para-hydroxylation sites is 2. The molecule has 0 radical (unpaired) electrons. The first kappa shape index (κ1) is 19.3. The van der Waals surface area contributed by atoms with Crippen LogP contribution in [-0.2, 0) is 16.0 Å². The molecular formula is C19H18Cl2N2O4. The van der Waals surface area contributed by atoms with E-state index in [1.54, 1.807) is 43.3 Å². The van der Waals surface area contributed by atoms with Crippen molar-refractivity contribution in [3.05, 3.63) is 58.1 Å². The fourth-order valence-electron chi connectivity index (χ4n) is 2.59. The third-order valence-electron chi connectivity index (χ3n) is 4.10. The van der Waals surface area contributed by atoms with E-state index in [1.165, 1.54) is 0 Å². The normalized spacial score (nSPS) is 16.3. The standard InChI is InChI=1S/C19H18Cl2N2O4/c1-11(8-12-6-7-13(20)9-14(12)21)18(24)22-23-19(25)17-10-26-15-4-2-3-5-16(15)27-17/h2-7,9,11,17H,8,10H2,1H3,(H,22,24)(H,23,25). The number of benzene rings is 2. The molecule has 0 aliphatic carbocycles. The average molecular weight is 409 g/mol. The Morgan fingerprint density at radius 2 is 1.89 bits per heavy atom. The summed E-state index contributed by atoms with van der Waals surface area (Å²) in [6.45, 7) is 1.80. The van der Waals surface area contributed by atoms with Crippen molar-refractivity contribution >= 4 is 35.0 Å². The minimum atomic E-state index is -0.846. The summed E-state index contributed by atoms with van der Waals surface area (Å²) in [6.07, 6.45) is -0.435. The highest BCUT2D eigenvalue weighted by Gasteiger charge is 2.28. The van der Waals surface area contributed by atoms with Crippen molar-refractivity contribution < 1.29 is 19.1 Å². The van der Waals surface area contributed by atoms with Crippen LogP contribution < -0.4 is 20.3 Å². The number of hydrogen-bond donors (Lipinski definition) is 2. The molecule has 8 heteroatoms. The van der Waals surface area contributed by atoms with E-state index in [-0.39, 0.29) is 12.5 Å². The molecule has 0 bridgehead atoms. The largest absolute Gasteiger partial charge is 0.485 e. The van der Waals surface area contributed by atoms with Gasteiger partial charge in [-0.25, -0.2) is 0 Å². The van der Waals surface area contributed by atoms with E-state index < -0.39 is 17.9 Å². The fourth-order valence-corrected chi connectivity index (χ4v) is 3.07. The molecule has 0 saturated heterocycles. The van der Waals surface area contributed by atoms with Gasteiger partial charge in [-0.05, 0) is 36.2 Å². The summed E-state index contributed by atoms with van der Waals surface area (Å²) in [5.74, 6) is -0.172. The van der Waals surface area contributed by atoms with Crippen LogP contribution in [0.25, 0.3) is 0 Å². The molecule has 1 aliphatic heterocycles. The zero-order valence-corrected chi connectivity index (χ0v) is 16.0. The summed E-state index contributed by atoms with van der Waals surface area (Å²) in [6, 6.07) is 12.2. The maximum absolute atomic E-state index is 12.2. The highest BCUT2D eigenvalue weighted by atomic mass is 35.5. The van der Waals surface area contributed by atoms with Gasteiger partial charge in [-0.15, -0.1) is 0 Å². The van der Waals surface area contributed by atoms with E-state index >= 15 is 0 Å². The van der Waals surface area contributed by atoms with E-state index in [9.17, 15) is 9.59 Å². The van der Waals surface area contributed by atoms with Crippen LogP contribution in [0, 0.1) is 5.92 Å². The number of carbonyl (C=O) groups is 2. The van der Waals surface area contributed by atoms with E-state index in [0.29, 0.717) is 28.0 Å². The van der Waals surface area contributed by atoms with Crippen LogP contribution in [0.2, 0.25) is 10.0 Å². The number of hydrogen-bond acceptors (Lipinski definition) is 4. The third kappa shape index (κ3) is 4.84. The van der Waals surface area contributed by atoms with Crippen molar-refractivity contribution in [3.63, 3.8) is 0 Å². The first-order valence-corrected chi connectivity index (χ1v) is 9.11. The second-order valence-electron chi connectivity index (χ2n) is 6.18. The van der Waals surface area contributed by atoms with Gasteiger partial charge in [0.25, 0.3) is 5.91 Å². The van der Waals surface area contributed by atoms with E-state index in [0.717, 1.165) is 5.56 Å². The van der Waals surface area contributed by atoms with Gasteiger partial charge in [0.2, 0.25) is 12.0 Å². The zero-order chi connectivity index (χ0) is 19.4. The Hall–Kier alpha value is -2.44. The predicted octanol–water partition coefficient (Wildman–Crippen LogP) is 3.16. The van der Waals surface area contributed by atoms with Gasteiger partial charge in [0.1, 0.15) is 6.61 Å². The predicted molar refractivity (Wildman–Crippen MR) is 102 cm³/mol. The summed E-state index contributed by atoms with van der Waals surface area (Å²) in [4.78, 5) is 24.5. The quantitative estimate of drug-likeness (QED) is 0.761. The molecule has 3 rings (SSSR count). The Morgan fingerprint density at radius 3 is 2.63 bits per heavy atom. The van der Waals surface area contributed by atoms with Crippen LogP contribution in [0.15, 0.2) is 42.5 Å². The first-order valence-electron chi connectivity index (χ1n) is 8.36. The monoisotopic (exact) mass is 408 g/mol. The molecule has 1 heterocycles. The number of halogens is 2. The molecule has 6 nitrogen and oxygen atoms in total. The maximum atomic E-state index is 12.2. The van der Waals surface area contributed by atoms with Crippen LogP contribution in [0.5, 0.6) is 11.5 Å². The minimum absolute atomic E-state index is 0.0641. The van der Waals surface area contributed by atoms with Crippen molar-refractivity contribution in [2.45, 2.75) is 19.4 Å². The Morgan fingerprint density at radius 1 is 1.15 bits per heavy atom. The lowest BCUT2D eigenvalue weighted by Gasteiger charge is -2.25. The van der Waals surface area contributed by atoms with E-state index in [2.05, 4.69) is 10.9 Å². The lowest BCUT2D eigenvalue weighted by molar-refractivity contribution is -0.136. The van der Waals surface area contributed by atoms with E-state index in [4.69, 9.17) is 32.7 Å². The van der Waals surface area contributed by atoms with Gasteiger partial charge in [0, 0.05) is 16.0 Å². The lowest BCUT2D eigenvalue weighted by Crippen LogP contribution is -2.52. The van der Waals surface area contributed by atoms with Crippen molar-refractivity contribution in [2.24, 2.45) is 5.92 Å². The van der Waals surface area contributed by atoms with Crippen LogP contribution in [0.4, 0.5) is 0 Å². The Labute approximate surface area is 166 Å². The lowest BCUT2D eigenvalue weighted by atomic mass is 10.0. The first-order chi connectivity index (χ1) is 12.9. The van der Waals surface area contributed by atoms with Crippen molar-refractivity contribution in [1.29, 1.82) is 0 Å². The van der Waals surface area contributed by atoms with Gasteiger partial charge < -0.3 is 9.47 Å². The summed E-state index contributed by atoms with van der Waals surface area (Å²) in [7, 11) is 0. The van der Waals surface area contributed by atoms with Gasteiger partial charge >= 0.3 is 0 Å². The Kier molecular flexibility index (Phi) is 6.08. The topological polar surface area (TPSA) is 76.7 Å². The van der Waals surface area contributed by atoms with Gasteiger partial charge in [-0.3, -0.25) is 20.4 Å². The zero-order valence-electron chi connectivity index (χ0n) is 14.5. The highest BCUT2D eigenvalue weighted by Crippen LogP contribution is 2.30. The van der Waals surface area contributed by atoms with Gasteiger partial charge in [-0.2, -0.15) is 0 Å². The Balaban J connectivity index is 1.50. The molecule has 2 atom stereocenters. The molecule has 2 unspecified atom stereocenters. The SMILES string of the molecule is CC(Cc1ccc(Cl)cc1Cl)C(=O)NNC(=O)C1COc2ccccc2O1. The molecule has 2 aromatic rings. The number of hydrazine groups is 1. The third-order valence-corrected chi connectivity index (χ3v) is 4.69. The van der Waals surface area contributed by atoms with E-state index in [1.807, 2.05) is 6.07 Å². The summed E-state index contributed by atoms with van der Waals surface area (Å²) < 4.78 is 11.1. The second kappa shape index (κ2) is 8.50. The Bertz CT molecular complexity index is 859. The molecule has 2 aromatic carbocycles. The molecule has 0 aromatic heterocycles. The van der Waals surface area contributed by atoms with Crippen molar-refractivity contribution in [1.82, 2.24) is 10.9 Å². The number of amides is 2. The molecule has 0 fully saturated rings. The van der Waals surface area contributed by atoms with Crippen LogP contribution in [0.3, 0.4) is 0 Å². The van der Waals surface area contributed by atoms with Gasteiger partial charge in [0.15, 0.2) is 11.5 Å². The minimum Gasteiger partial charge on any atom is -0.485 e. The molecule has 142 valence electrons. The number of nitrogens with one attached hydrogen (secondary N) is 2. The molecule has 2 N–H and O–H groups in total. The number of ether oxygens (including phenoxy) is 2. The van der Waals surface area contributed by atoms with Gasteiger partial charge in [-0.1, -0.05) is 48.3 Å². The van der Waals surface area contributed by atoms with Gasteiger partial charge in [0.05, 0.1) is 0 Å². The van der Waals surface area contributed by atoms with Crippen LogP contribution in [0.1, 0.15) is 12.5 Å². The average Bonchev–Trinajstić information content (AvgIpc) is 2.67.